The van der Waals surface area contributed by atoms with Gasteiger partial charge in [0.25, 0.3) is 0 Å². The van der Waals surface area contributed by atoms with Gasteiger partial charge in [0.15, 0.2) is 0 Å². The molecule has 0 radical (unpaired) electrons. The maximum absolute atomic E-state index is 6.85. The summed E-state index contributed by atoms with van der Waals surface area (Å²) in [5.74, 6) is 0.890. The van der Waals surface area contributed by atoms with Gasteiger partial charge in [-0.2, -0.15) is 0 Å². The summed E-state index contributed by atoms with van der Waals surface area (Å²) in [5, 5.41) is 0. The Kier molecular flexibility index (Phi) is 7.09. The predicted octanol–water partition coefficient (Wildman–Crippen LogP) is 8.57. The fourth-order valence-electron chi connectivity index (χ4n) is 6.04. The Morgan fingerprint density at radius 2 is 1.47 bits per heavy atom. The molecule has 5 rings (SSSR count). The number of hydrogen-bond acceptors (Lipinski definition) is 2. The van der Waals surface area contributed by atoms with E-state index < -0.39 is 18.2 Å². The molecular weight excluding hydrogens is 645 g/mol. The van der Waals surface area contributed by atoms with Crippen molar-refractivity contribution in [1.82, 2.24) is 0 Å². The molecule has 0 bridgehead atoms. The molecule has 0 amide bonds. The van der Waals surface area contributed by atoms with Crippen LogP contribution in [-0.4, -0.2) is 16.6 Å². The molecule has 2 aliphatic heterocycles. The van der Waals surface area contributed by atoms with Crippen LogP contribution in [0.3, 0.4) is 0 Å². The first kappa shape index (κ1) is 25.5. The van der Waals surface area contributed by atoms with Gasteiger partial charge in [-0.15, -0.1) is 0 Å². The fourth-order valence-corrected chi connectivity index (χ4v) is 8.50. The number of aryl methyl sites for hydroxylation is 3. The summed E-state index contributed by atoms with van der Waals surface area (Å²) in [6.45, 7) is 16.7. The van der Waals surface area contributed by atoms with E-state index in [4.69, 9.17) is 9.19 Å². The Bertz CT molecular complexity index is 1340. The summed E-state index contributed by atoms with van der Waals surface area (Å²) in [6.07, 6.45) is 4.68. The molecule has 3 aromatic rings. The molecule has 0 saturated carbocycles. The normalized spacial score (nSPS) is 18.4. The zero-order valence-electron chi connectivity index (χ0n) is 22.3. The first-order valence-corrected chi connectivity index (χ1v) is 16.6. The molecule has 0 aromatic heterocycles. The Morgan fingerprint density at radius 3 is 2.06 bits per heavy atom. The molecule has 36 heavy (non-hydrogen) atoms. The number of anilines is 2. The average molecular weight is 681 g/mol. The monoisotopic (exact) mass is 680 g/mol. The van der Waals surface area contributed by atoms with Gasteiger partial charge in [-0.1, -0.05) is 0 Å². The van der Waals surface area contributed by atoms with Crippen molar-refractivity contribution >= 4 is 30.5 Å². The van der Waals surface area contributed by atoms with Gasteiger partial charge in [0.2, 0.25) is 0 Å². The molecule has 1 fully saturated rings. The van der Waals surface area contributed by atoms with E-state index in [1.807, 2.05) is 0 Å². The van der Waals surface area contributed by atoms with Crippen LogP contribution >= 0.6 is 9.19 Å². The Hall–Kier alpha value is -2.10. The fraction of sp³-hybridized carbons (Fsp3) is 0.344. The van der Waals surface area contributed by atoms with Crippen molar-refractivity contribution in [3.63, 3.8) is 0 Å². The van der Waals surface area contributed by atoms with Crippen molar-refractivity contribution in [1.29, 1.82) is 0 Å². The number of benzene rings is 3. The summed E-state index contributed by atoms with van der Waals surface area (Å²) in [4.78, 5) is 5.16. The van der Waals surface area contributed by atoms with Crippen LogP contribution in [0.15, 0.2) is 54.6 Å². The number of hydrogen-bond donors (Lipinski definition) is 0. The van der Waals surface area contributed by atoms with E-state index in [1.54, 1.807) is 0 Å². The van der Waals surface area contributed by atoms with Crippen molar-refractivity contribution in [3.8, 4) is 11.1 Å². The molecule has 194 valence electrons. The van der Waals surface area contributed by atoms with Crippen LogP contribution in [0, 0.1) is 20.8 Å². The second kappa shape index (κ2) is 9.99. The first-order valence-electron chi connectivity index (χ1n) is 12.8. The van der Waals surface area contributed by atoms with Crippen molar-refractivity contribution in [2.45, 2.75) is 66.3 Å². The van der Waals surface area contributed by atoms with E-state index in [9.17, 15) is 0 Å². The van der Waals surface area contributed by atoms with Crippen LogP contribution < -0.4 is 9.80 Å². The molecule has 0 spiro atoms. The first-order chi connectivity index (χ1) is 17.2. The molecule has 0 aliphatic carbocycles. The second-order valence-electron chi connectivity index (χ2n) is 10.8. The zero-order chi connectivity index (χ0) is 25.7. The summed E-state index contributed by atoms with van der Waals surface area (Å²) < 4.78 is 1.36. The summed E-state index contributed by atoms with van der Waals surface area (Å²) in [6, 6.07) is 18.4. The van der Waals surface area contributed by atoms with Crippen molar-refractivity contribution in [3.05, 3.63) is 88.0 Å². The second-order valence-corrected chi connectivity index (χ2v) is 13.2. The number of halogens is 1. The quantitative estimate of drug-likeness (QED) is 0.255. The summed E-state index contributed by atoms with van der Waals surface area (Å²) in [7, 11) is 6.85. The minimum atomic E-state index is -0.493. The SMILES string of the molecule is Cc1cc(C)c(-c2cccc3c2N2CN(c4c(C(C)C)cccc4C(C)C)[C](=[Au-2][Cl])C2C=C3)c(C)c1. The molecule has 0 N–H and O–H groups in total. The molecule has 2 nitrogen and oxygen atoms in total. The zero-order valence-corrected chi connectivity index (χ0v) is 25.2. The van der Waals surface area contributed by atoms with E-state index in [-0.39, 0.29) is 6.04 Å². The van der Waals surface area contributed by atoms with Gasteiger partial charge in [-0.05, 0) is 0 Å². The van der Waals surface area contributed by atoms with E-state index in [2.05, 4.69) is 119 Å². The molecule has 2 heterocycles. The van der Waals surface area contributed by atoms with Gasteiger partial charge in [0, 0.05) is 0 Å². The molecule has 3 aromatic carbocycles. The van der Waals surface area contributed by atoms with Gasteiger partial charge in [-0.25, -0.2) is 0 Å². The van der Waals surface area contributed by atoms with Crippen LogP contribution in [-0.2, 0) is 18.2 Å². The van der Waals surface area contributed by atoms with E-state index in [1.165, 1.54) is 59.7 Å². The molecular formula is C32H36AuClN2-2. The number of para-hydroxylation sites is 2. The van der Waals surface area contributed by atoms with Crippen LogP contribution in [0.2, 0.25) is 0 Å². The van der Waals surface area contributed by atoms with Crippen molar-refractivity contribution in [2.75, 3.05) is 16.5 Å². The third-order valence-corrected chi connectivity index (χ3v) is 10.1. The maximum atomic E-state index is 6.85. The van der Waals surface area contributed by atoms with Gasteiger partial charge in [0.05, 0.1) is 0 Å². The molecule has 2 aliphatic rings. The van der Waals surface area contributed by atoms with Gasteiger partial charge < -0.3 is 0 Å². The van der Waals surface area contributed by atoms with Gasteiger partial charge in [0.1, 0.15) is 0 Å². The Balaban J connectivity index is 1.70. The van der Waals surface area contributed by atoms with E-state index >= 15 is 0 Å². The third-order valence-electron chi connectivity index (χ3n) is 7.52. The van der Waals surface area contributed by atoms with Crippen molar-refractivity contribution < 1.29 is 18.2 Å². The summed E-state index contributed by atoms with van der Waals surface area (Å²) in [5.41, 5.74) is 13.5. The predicted molar refractivity (Wildman–Crippen MR) is 154 cm³/mol. The van der Waals surface area contributed by atoms with Crippen LogP contribution in [0.5, 0.6) is 0 Å². The third kappa shape index (κ3) is 4.23. The van der Waals surface area contributed by atoms with Gasteiger partial charge >= 0.3 is 231 Å². The average Bonchev–Trinajstić information content (AvgIpc) is 3.21. The van der Waals surface area contributed by atoms with Crippen LogP contribution in [0.25, 0.3) is 17.2 Å². The Morgan fingerprint density at radius 1 is 0.861 bits per heavy atom. The molecule has 1 atom stereocenters. The number of nitrogens with zero attached hydrogens (tertiary/aromatic N) is 2. The van der Waals surface area contributed by atoms with E-state index in [0.29, 0.717) is 11.8 Å². The molecule has 1 unspecified atom stereocenters. The van der Waals surface area contributed by atoms with Crippen LogP contribution in [0.4, 0.5) is 11.4 Å². The summed E-state index contributed by atoms with van der Waals surface area (Å²) >= 11 is -0.493. The molecule has 1 saturated heterocycles. The number of fused-ring (bicyclic) bond motifs is 3. The number of rotatable bonds is 4. The van der Waals surface area contributed by atoms with Crippen LogP contribution in [0.1, 0.15) is 72.9 Å². The standard InChI is InChI=1S/C32H36N2.Au.ClH/c1-20(2)27-11-9-12-28(21(3)4)32(27)33-18-26-15-14-25-10-8-13-29(31(25)34(26)19-33)30-23(6)16-22(5)17-24(30)7;;/h8-17,20-21,26H,19H2,1-7H3;;1H/q;-1;/p-1. The van der Waals surface area contributed by atoms with E-state index in [0.717, 1.165) is 6.67 Å². The Labute approximate surface area is 229 Å². The topological polar surface area (TPSA) is 6.48 Å². The minimum absolute atomic E-state index is 0.198. The van der Waals surface area contributed by atoms with Gasteiger partial charge in [-0.3, -0.25) is 0 Å². The molecule has 4 heteroatoms. The van der Waals surface area contributed by atoms with Crippen molar-refractivity contribution in [2.24, 2.45) is 0 Å².